The maximum atomic E-state index is 8.09. The van der Waals surface area contributed by atoms with Crippen LogP contribution >= 0.6 is 22.6 Å². The highest BCUT2D eigenvalue weighted by molar-refractivity contribution is 14.1. The summed E-state index contributed by atoms with van der Waals surface area (Å²) in [5.41, 5.74) is 10.9. The summed E-state index contributed by atoms with van der Waals surface area (Å²) in [4.78, 5) is 1.90. The zero-order chi connectivity index (χ0) is 16.7. The van der Waals surface area contributed by atoms with Crippen LogP contribution in [0.4, 0.5) is 5.69 Å². The predicted octanol–water partition coefficient (Wildman–Crippen LogP) is 4.44. The monoisotopic (exact) mass is 427 g/mol. The molecule has 0 aromatic heterocycles. The molecule has 0 spiro atoms. The fraction of sp³-hybridized carbons (Fsp3) is 0.150. The first-order valence-corrected chi connectivity index (χ1v) is 9.11. The van der Waals surface area contributed by atoms with Gasteiger partial charge in [-0.25, -0.2) is 0 Å². The van der Waals surface area contributed by atoms with Gasteiger partial charge in [0.15, 0.2) is 5.96 Å². The molecule has 3 aromatic carbocycles. The number of anilines is 1. The van der Waals surface area contributed by atoms with Crippen LogP contribution in [0, 0.1) is 8.98 Å². The van der Waals surface area contributed by atoms with Crippen molar-refractivity contribution in [3.8, 4) is 0 Å². The number of rotatable bonds is 3. The quantitative estimate of drug-likeness (QED) is 0.369. The van der Waals surface area contributed by atoms with Gasteiger partial charge in [0.25, 0.3) is 0 Å². The van der Waals surface area contributed by atoms with Crippen molar-refractivity contribution < 1.29 is 0 Å². The van der Waals surface area contributed by atoms with E-state index in [2.05, 4.69) is 71.1 Å². The van der Waals surface area contributed by atoms with Gasteiger partial charge >= 0.3 is 0 Å². The van der Waals surface area contributed by atoms with Crippen LogP contribution in [0.2, 0.25) is 0 Å². The molecular weight excluding hydrogens is 409 g/mol. The average Bonchev–Trinajstić information content (AvgIpc) is 2.99. The van der Waals surface area contributed by atoms with E-state index in [4.69, 9.17) is 11.1 Å². The maximum Gasteiger partial charge on any atom is 0.193 e. The molecule has 1 aliphatic carbocycles. The molecule has 0 unspecified atom stereocenters. The summed E-state index contributed by atoms with van der Waals surface area (Å²) in [5.74, 6) is 0.0764. The van der Waals surface area contributed by atoms with Crippen molar-refractivity contribution in [3.63, 3.8) is 0 Å². The molecule has 3 aromatic rings. The Bertz CT molecular complexity index is 939. The summed E-state index contributed by atoms with van der Waals surface area (Å²) in [6.07, 6.45) is 2.21. The molecule has 120 valence electrons. The van der Waals surface area contributed by atoms with Crippen molar-refractivity contribution >= 4 is 45.0 Å². The van der Waals surface area contributed by atoms with E-state index in [0.29, 0.717) is 6.54 Å². The summed E-state index contributed by atoms with van der Waals surface area (Å²) >= 11 is 2.31. The van der Waals surface area contributed by atoms with E-state index in [0.717, 1.165) is 24.1 Å². The van der Waals surface area contributed by atoms with Crippen LogP contribution < -0.4 is 10.6 Å². The highest BCUT2D eigenvalue weighted by Gasteiger charge is 2.19. The smallest absolute Gasteiger partial charge is 0.193 e. The molecule has 0 atom stereocenters. The van der Waals surface area contributed by atoms with Crippen LogP contribution in [0.1, 0.15) is 16.7 Å². The van der Waals surface area contributed by atoms with Crippen LogP contribution in [0.25, 0.3) is 10.8 Å². The zero-order valence-corrected chi connectivity index (χ0v) is 15.4. The van der Waals surface area contributed by atoms with E-state index in [9.17, 15) is 0 Å². The second kappa shape index (κ2) is 6.09. The van der Waals surface area contributed by atoms with Gasteiger partial charge in [-0.3, -0.25) is 5.41 Å². The molecule has 0 fully saturated rings. The molecular formula is C20H18IN3. The Labute approximate surface area is 155 Å². The van der Waals surface area contributed by atoms with Gasteiger partial charge in [0.1, 0.15) is 0 Å². The first kappa shape index (κ1) is 15.4. The van der Waals surface area contributed by atoms with Crippen LogP contribution in [0.15, 0.2) is 54.6 Å². The lowest BCUT2D eigenvalue weighted by molar-refractivity contribution is 0.987. The van der Waals surface area contributed by atoms with Crippen LogP contribution in [-0.2, 0) is 19.4 Å². The Morgan fingerprint density at radius 1 is 1.04 bits per heavy atom. The predicted molar refractivity (Wildman–Crippen MR) is 109 cm³/mol. The minimum Gasteiger partial charge on any atom is -0.370 e. The van der Waals surface area contributed by atoms with E-state index < -0.39 is 0 Å². The third-order valence-electron chi connectivity index (χ3n) is 4.67. The van der Waals surface area contributed by atoms with E-state index in [1.807, 2.05) is 11.0 Å². The standard InChI is InChI=1S/C20H18IN3/c21-16-5-1-3-13(11-16)12-24(20(22)23)18-10-9-15-8-7-14-4-2-6-17(18)19(14)15/h1-6,9-11H,7-8,12H2,(H3,22,23). The molecule has 4 rings (SSSR count). The molecule has 0 heterocycles. The molecule has 4 heteroatoms. The van der Waals surface area contributed by atoms with Gasteiger partial charge < -0.3 is 10.6 Å². The first-order valence-electron chi connectivity index (χ1n) is 8.03. The normalized spacial score (nSPS) is 12.5. The summed E-state index contributed by atoms with van der Waals surface area (Å²) < 4.78 is 1.19. The molecule has 1 aliphatic rings. The highest BCUT2D eigenvalue weighted by atomic mass is 127. The lowest BCUT2D eigenvalue weighted by Gasteiger charge is -2.25. The van der Waals surface area contributed by atoms with Gasteiger partial charge in [0, 0.05) is 8.96 Å². The number of benzene rings is 3. The lowest BCUT2D eigenvalue weighted by Crippen LogP contribution is -2.36. The number of nitrogens with two attached hydrogens (primary N) is 1. The number of hydrogen-bond acceptors (Lipinski definition) is 1. The van der Waals surface area contributed by atoms with Gasteiger partial charge in [-0.05, 0) is 75.7 Å². The largest absolute Gasteiger partial charge is 0.370 e. The lowest BCUT2D eigenvalue weighted by atomic mass is 10.0. The molecule has 0 saturated carbocycles. The Kier molecular flexibility index (Phi) is 3.92. The number of hydrogen-bond donors (Lipinski definition) is 2. The second-order valence-corrected chi connectivity index (χ2v) is 7.43. The van der Waals surface area contributed by atoms with Crippen molar-refractivity contribution in [1.82, 2.24) is 0 Å². The molecule has 3 N–H and O–H groups in total. The molecule has 0 radical (unpaired) electrons. The van der Waals surface area contributed by atoms with Crippen molar-refractivity contribution in [1.29, 1.82) is 5.41 Å². The average molecular weight is 427 g/mol. The summed E-state index contributed by atoms with van der Waals surface area (Å²) in [6.45, 7) is 0.602. The van der Waals surface area contributed by atoms with E-state index in [1.54, 1.807) is 0 Å². The van der Waals surface area contributed by atoms with Crippen LogP contribution in [0.3, 0.4) is 0 Å². The summed E-state index contributed by atoms with van der Waals surface area (Å²) in [6, 6.07) is 19.1. The first-order chi connectivity index (χ1) is 11.6. The van der Waals surface area contributed by atoms with Crippen molar-refractivity contribution in [2.24, 2.45) is 5.73 Å². The Morgan fingerprint density at radius 3 is 2.54 bits per heavy atom. The number of halogens is 1. The Hall–Kier alpha value is -2.08. The van der Waals surface area contributed by atoms with E-state index >= 15 is 0 Å². The third-order valence-corrected chi connectivity index (χ3v) is 5.34. The number of guanidine groups is 1. The molecule has 3 nitrogen and oxygen atoms in total. The molecule has 0 bridgehead atoms. The number of aryl methyl sites for hydroxylation is 2. The SMILES string of the molecule is N=C(N)N(Cc1cccc(I)c1)c1ccc2c3c(cccc13)CC2. The van der Waals surface area contributed by atoms with Gasteiger partial charge in [-0.15, -0.1) is 0 Å². The molecule has 0 amide bonds. The minimum atomic E-state index is 0.0764. The molecule has 0 aliphatic heterocycles. The number of nitrogens with one attached hydrogen (secondary N) is 1. The van der Waals surface area contributed by atoms with E-state index in [1.165, 1.54) is 25.5 Å². The topological polar surface area (TPSA) is 53.1 Å². The van der Waals surface area contributed by atoms with Crippen molar-refractivity contribution in [2.75, 3.05) is 4.90 Å². The zero-order valence-electron chi connectivity index (χ0n) is 13.2. The van der Waals surface area contributed by atoms with Crippen LogP contribution in [0.5, 0.6) is 0 Å². The fourth-order valence-electron chi connectivity index (χ4n) is 3.58. The second-order valence-electron chi connectivity index (χ2n) is 6.18. The van der Waals surface area contributed by atoms with Crippen molar-refractivity contribution in [3.05, 3.63) is 74.9 Å². The van der Waals surface area contributed by atoms with Gasteiger partial charge in [-0.2, -0.15) is 0 Å². The van der Waals surface area contributed by atoms with Crippen molar-refractivity contribution in [2.45, 2.75) is 19.4 Å². The van der Waals surface area contributed by atoms with Gasteiger partial charge in [-0.1, -0.05) is 36.4 Å². The van der Waals surface area contributed by atoms with E-state index in [-0.39, 0.29) is 5.96 Å². The summed E-state index contributed by atoms with van der Waals surface area (Å²) in [7, 11) is 0. The number of nitrogens with zero attached hydrogens (tertiary/aromatic N) is 1. The Balaban J connectivity index is 1.83. The molecule has 0 saturated heterocycles. The minimum absolute atomic E-state index is 0.0764. The highest BCUT2D eigenvalue weighted by Crippen LogP contribution is 2.37. The van der Waals surface area contributed by atoms with Gasteiger partial charge in [0.2, 0.25) is 0 Å². The maximum absolute atomic E-state index is 8.09. The fourth-order valence-corrected chi connectivity index (χ4v) is 4.19. The van der Waals surface area contributed by atoms with Crippen LogP contribution in [-0.4, -0.2) is 5.96 Å². The Morgan fingerprint density at radius 2 is 1.79 bits per heavy atom. The third kappa shape index (κ3) is 2.65. The summed E-state index contributed by atoms with van der Waals surface area (Å²) in [5, 5.41) is 10.6. The molecule has 24 heavy (non-hydrogen) atoms. The van der Waals surface area contributed by atoms with Gasteiger partial charge in [0.05, 0.1) is 12.2 Å².